The van der Waals surface area contributed by atoms with Gasteiger partial charge in [-0.3, -0.25) is 9.59 Å². The summed E-state index contributed by atoms with van der Waals surface area (Å²) in [5.41, 5.74) is 1.80. The first-order valence-corrected chi connectivity index (χ1v) is 14.7. The molecule has 2 heterocycles. The lowest BCUT2D eigenvalue weighted by Gasteiger charge is -2.08. The number of carbonyl (C=O) groups is 4. The zero-order valence-electron chi connectivity index (χ0n) is 24.7. The van der Waals surface area contributed by atoms with Crippen molar-refractivity contribution < 1.29 is 28.7 Å². The monoisotopic (exact) mass is 608 g/mol. The topological polar surface area (TPSA) is 184 Å². The molecule has 0 aromatic heterocycles. The van der Waals surface area contributed by atoms with Crippen molar-refractivity contribution in [3.8, 4) is 0 Å². The van der Waals surface area contributed by atoms with Gasteiger partial charge in [0.25, 0.3) is 0 Å². The Labute approximate surface area is 256 Å². The SMILES string of the molecule is O=C(CNC(=O)OCc1ccccc1)NCCCCC1N=N1.O=C(CNC(=O)OCc1ccccc1)NCCCCC1N=N1. The van der Waals surface area contributed by atoms with Crippen LogP contribution in [0.1, 0.15) is 49.7 Å². The lowest BCUT2D eigenvalue weighted by molar-refractivity contribution is -0.121. The summed E-state index contributed by atoms with van der Waals surface area (Å²) in [4.78, 5) is 45.9. The first-order chi connectivity index (χ1) is 21.5. The highest BCUT2D eigenvalue weighted by molar-refractivity contribution is 5.82. The van der Waals surface area contributed by atoms with Crippen LogP contribution in [0, 0.1) is 0 Å². The highest BCUT2D eigenvalue weighted by atomic mass is 16.6. The van der Waals surface area contributed by atoms with Gasteiger partial charge in [-0.1, -0.05) is 60.7 Å². The predicted octanol–water partition coefficient (Wildman–Crippen LogP) is 3.98. The van der Waals surface area contributed by atoms with Crippen LogP contribution in [0.15, 0.2) is 81.1 Å². The van der Waals surface area contributed by atoms with Gasteiger partial charge in [0.05, 0.1) is 13.1 Å². The number of rotatable bonds is 18. The van der Waals surface area contributed by atoms with Crippen LogP contribution in [0.2, 0.25) is 0 Å². The summed E-state index contributed by atoms with van der Waals surface area (Å²) in [7, 11) is 0. The van der Waals surface area contributed by atoms with Gasteiger partial charge in [0.1, 0.15) is 13.2 Å². The fourth-order valence-corrected chi connectivity index (χ4v) is 3.66. The van der Waals surface area contributed by atoms with Crippen molar-refractivity contribution in [3.63, 3.8) is 0 Å². The summed E-state index contributed by atoms with van der Waals surface area (Å²) < 4.78 is 10.0. The van der Waals surface area contributed by atoms with Gasteiger partial charge in [0, 0.05) is 13.1 Å². The van der Waals surface area contributed by atoms with Crippen molar-refractivity contribution in [2.24, 2.45) is 20.5 Å². The average molecular weight is 609 g/mol. The molecule has 0 saturated heterocycles. The number of nitrogens with one attached hydrogen (secondary N) is 4. The molecule has 4 N–H and O–H groups in total. The number of nitrogens with zero attached hydrogens (tertiary/aromatic N) is 4. The summed E-state index contributed by atoms with van der Waals surface area (Å²) >= 11 is 0. The van der Waals surface area contributed by atoms with Crippen molar-refractivity contribution in [2.45, 2.75) is 64.1 Å². The van der Waals surface area contributed by atoms with Gasteiger partial charge < -0.3 is 30.7 Å². The molecule has 14 heteroatoms. The van der Waals surface area contributed by atoms with Crippen LogP contribution in [-0.2, 0) is 32.3 Å². The normalized spacial score (nSPS) is 12.7. The minimum Gasteiger partial charge on any atom is -0.445 e. The Bertz CT molecular complexity index is 1120. The molecule has 0 bridgehead atoms. The molecular formula is C30H40N8O6. The van der Waals surface area contributed by atoms with Gasteiger partial charge >= 0.3 is 12.2 Å². The van der Waals surface area contributed by atoms with Gasteiger partial charge in [-0.05, 0) is 49.7 Å². The number of benzene rings is 2. The van der Waals surface area contributed by atoms with Gasteiger partial charge in [-0.15, -0.1) is 0 Å². The number of carbonyl (C=O) groups excluding carboxylic acids is 4. The maximum absolute atomic E-state index is 11.5. The molecule has 2 aliphatic rings. The third-order valence-electron chi connectivity index (χ3n) is 6.19. The van der Waals surface area contributed by atoms with E-state index in [1.165, 1.54) is 0 Å². The maximum Gasteiger partial charge on any atom is 0.407 e. The van der Waals surface area contributed by atoms with Crippen molar-refractivity contribution in [1.82, 2.24) is 21.3 Å². The second-order valence-corrected chi connectivity index (χ2v) is 9.95. The Morgan fingerprint density at radius 1 is 0.545 bits per heavy atom. The van der Waals surface area contributed by atoms with E-state index in [9.17, 15) is 19.2 Å². The van der Waals surface area contributed by atoms with Crippen LogP contribution >= 0.6 is 0 Å². The van der Waals surface area contributed by atoms with Crippen LogP contribution in [0.4, 0.5) is 9.59 Å². The van der Waals surface area contributed by atoms with Crippen molar-refractivity contribution in [2.75, 3.05) is 26.2 Å². The van der Waals surface area contributed by atoms with E-state index in [2.05, 4.69) is 41.7 Å². The Kier molecular flexibility index (Phi) is 15.4. The van der Waals surface area contributed by atoms with E-state index in [-0.39, 0.29) is 50.4 Å². The van der Waals surface area contributed by atoms with Gasteiger partial charge in [0.15, 0.2) is 12.3 Å². The molecule has 2 aromatic carbocycles. The summed E-state index contributed by atoms with van der Waals surface area (Å²) in [5, 5.41) is 25.5. The van der Waals surface area contributed by atoms with Crippen molar-refractivity contribution in [3.05, 3.63) is 71.8 Å². The van der Waals surface area contributed by atoms with Crippen LogP contribution in [-0.4, -0.2) is 62.5 Å². The lowest BCUT2D eigenvalue weighted by Crippen LogP contribution is -2.37. The summed E-state index contributed by atoms with van der Waals surface area (Å²) in [6, 6.07) is 18.7. The van der Waals surface area contributed by atoms with E-state index in [1.54, 1.807) is 0 Å². The molecule has 0 spiro atoms. The first-order valence-electron chi connectivity index (χ1n) is 14.7. The smallest absolute Gasteiger partial charge is 0.407 e. The first kappa shape index (κ1) is 33.6. The molecule has 0 fully saturated rings. The minimum absolute atomic E-state index is 0.0824. The highest BCUT2D eigenvalue weighted by Crippen LogP contribution is 2.17. The number of unbranched alkanes of at least 4 members (excludes halogenated alkanes) is 2. The fraction of sp³-hybridized carbons (Fsp3) is 0.467. The number of hydrogen-bond donors (Lipinski definition) is 4. The molecule has 14 nitrogen and oxygen atoms in total. The van der Waals surface area contributed by atoms with E-state index in [0.717, 1.165) is 49.7 Å². The molecule has 44 heavy (non-hydrogen) atoms. The van der Waals surface area contributed by atoms with Crippen molar-refractivity contribution in [1.29, 1.82) is 0 Å². The Morgan fingerprint density at radius 3 is 1.30 bits per heavy atom. The predicted molar refractivity (Wildman–Crippen MR) is 160 cm³/mol. The van der Waals surface area contributed by atoms with Crippen LogP contribution in [0.5, 0.6) is 0 Å². The molecule has 4 amide bonds. The van der Waals surface area contributed by atoms with Crippen molar-refractivity contribution >= 4 is 24.0 Å². The highest BCUT2D eigenvalue weighted by Gasteiger charge is 2.15. The molecule has 236 valence electrons. The molecule has 0 unspecified atom stereocenters. The quantitative estimate of drug-likeness (QED) is 0.185. The van der Waals surface area contributed by atoms with Crippen LogP contribution < -0.4 is 21.3 Å². The lowest BCUT2D eigenvalue weighted by atomic mass is 10.2. The summed E-state index contributed by atoms with van der Waals surface area (Å²) in [5.74, 6) is -0.449. The van der Waals surface area contributed by atoms with Gasteiger partial charge in [-0.25, -0.2) is 9.59 Å². The zero-order valence-corrected chi connectivity index (χ0v) is 24.7. The third-order valence-corrected chi connectivity index (χ3v) is 6.19. The molecule has 2 aromatic rings. The molecule has 0 atom stereocenters. The summed E-state index contributed by atoms with van der Waals surface area (Å²) in [6.07, 6.45) is 4.78. The standard InChI is InChI=1S/2C15H20N4O3/c2*20-14(16-9-5-4-8-13-18-19-13)10-17-15(21)22-11-12-6-2-1-3-7-12/h2*1-3,6-7,13H,4-5,8-11H2,(H,16,20)(H,17,21). The van der Waals surface area contributed by atoms with Gasteiger partial charge in [-0.2, -0.15) is 20.5 Å². The molecule has 0 aliphatic carbocycles. The fourth-order valence-electron chi connectivity index (χ4n) is 3.66. The Morgan fingerprint density at radius 2 is 0.932 bits per heavy atom. The zero-order chi connectivity index (χ0) is 31.2. The Hall–Kier alpha value is -4.88. The third kappa shape index (κ3) is 17.2. The van der Waals surface area contributed by atoms with E-state index < -0.39 is 12.2 Å². The summed E-state index contributed by atoms with van der Waals surface area (Å²) in [6.45, 7) is 1.39. The Balaban J connectivity index is 0.000000240. The van der Waals surface area contributed by atoms with E-state index in [1.807, 2.05) is 60.7 Å². The number of ether oxygens (including phenoxy) is 2. The molecule has 2 aliphatic heterocycles. The number of amides is 4. The second-order valence-electron chi connectivity index (χ2n) is 9.95. The molecule has 4 rings (SSSR count). The second kappa shape index (κ2) is 20.1. The van der Waals surface area contributed by atoms with E-state index in [4.69, 9.17) is 9.47 Å². The number of alkyl carbamates (subject to hydrolysis) is 2. The van der Waals surface area contributed by atoms with Gasteiger partial charge in [0.2, 0.25) is 11.8 Å². The average Bonchev–Trinajstić information content (AvgIpc) is 3.98. The number of hydrogen-bond acceptors (Lipinski definition) is 10. The molecule has 0 saturated carbocycles. The van der Waals surface area contributed by atoms with E-state index >= 15 is 0 Å². The van der Waals surface area contributed by atoms with Crippen LogP contribution in [0.3, 0.4) is 0 Å². The molecule has 0 radical (unpaired) electrons. The van der Waals surface area contributed by atoms with Crippen LogP contribution in [0.25, 0.3) is 0 Å². The van der Waals surface area contributed by atoms with E-state index in [0.29, 0.717) is 13.1 Å². The maximum atomic E-state index is 11.5. The molecular weight excluding hydrogens is 568 g/mol. The largest absolute Gasteiger partial charge is 0.445 e. The minimum atomic E-state index is -0.601.